The molecule has 0 aliphatic carbocycles. The van der Waals surface area contributed by atoms with Gasteiger partial charge in [-0.2, -0.15) is 0 Å². The first kappa shape index (κ1) is 14.1. The average molecular weight is 264 g/mol. The largest absolute Gasteiger partial charge is 0.396 e. The van der Waals surface area contributed by atoms with Gasteiger partial charge in [0, 0.05) is 45.5 Å². The normalized spacial score (nSPS) is 16.8. The van der Waals surface area contributed by atoms with E-state index in [4.69, 9.17) is 10.5 Å². The number of aromatic nitrogens is 1. The summed E-state index contributed by atoms with van der Waals surface area (Å²) in [5, 5.41) is 0. The van der Waals surface area contributed by atoms with Crippen molar-refractivity contribution in [3.8, 4) is 0 Å². The predicted octanol–water partition coefficient (Wildman–Crippen LogP) is 1.21. The van der Waals surface area contributed by atoms with Crippen molar-refractivity contribution in [1.82, 2.24) is 9.88 Å². The van der Waals surface area contributed by atoms with Gasteiger partial charge in [-0.15, -0.1) is 0 Å². The maximum absolute atomic E-state index is 5.96. The third-order valence-corrected chi connectivity index (χ3v) is 3.39. The Balaban J connectivity index is 1.75. The van der Waals surface area contributed by atoms with E-state index in [1.54, 1.807) is 6.20 Å². The van der Waals surface area contributed by atoms with Crippen LogP contribution in [0.3, 0.4) is 0 Å². The molecule has 0 aromatic carbocycles. The molecule has 0 radical (unpaired) electrons. The lowest BCUT2D eigenvalue weighted by molar-refractivity contribution is 0.102. The highest BCUT2D eigenvalue weighted by Gasteiger charge is 2.18. The minimum atomic E-state index is 0.766. The van der Waals surface area contributed by atoms with Crippen LogP contribution >= 0.6 is 0 Å². The van der Waals surface area contributed by atoms with Crippen LogP contribution in [0.15, 0.2) is 18.3 Å². The van der Waals surface area contributed by atoms with Gasteiger partial charge in [0.2, 0.25) is 0 Å². The van der Waals surface area contributed by atoms with E-state index < -0.39 is 0 Å². The second-order valence-electron chi connectivity index (χ2n) is 4.86. The monoisotopic (exact) mass is 264 g/mol. The number of ether oxygens (including phenoxy) is 1. The van der Waals surface area contributed by atoms with Crippen molar-refractivity contribution in [1.29, 1.82) is 0 Å². The third kappa shape index (κ3) is 4.08. The van der Waals surface area contributed by atoms with Crippen molar-refractivity contribution in [2.24, 2.45) is 0 Å². The highest BCUT2D eigenvalue weighted by Crippen LogP contribution is 2.20. The van der Waals surface area contributed by atoms with Gasteiger partial charge in [0.1, 0.15) is 0 Å². The molecule has 0 atom stereocenters. The standard InChI is InChI=1S/C14H24N4O/c1-2-11-19-12-10-17-6-8-18(9-7-17)14-13(15)4-3-5-16-14/h3-5H,2,6-12,15H2,1H3. The van der Waals surface area contributed by atoms with Crippen molar-refractivity contribution in [2.45, 2.75) is 13.3 Å². The summed E-state index contributed by atoms with van der Waals surface area (Å²) in [4.78, 5) is 9.07. The van der Waals surface area contributed by atoms with E-state index >= 15 is 0 Å². The van der Waals surface area contributed by atoms with Crippen LogP contribution in [0.5, 0.6) is 0 Å². The lowest BCUT2D eigenvalue weighted by atomic mass is 10.3. The molecule has 5 heteroatoms. The van der Waals surface area contributed by atoms with Crippen LogP contribution in [-0.2, 0) is 4.74 Å². The Hall–Kier alpha value is -1.33. The molecule has 2 rings (SSSR count). The summed E-state index contributed by atoms with van der Waals surface area (Å²) < 4.78 is 5.53. The van der Waals surface area contributed by atoms with E-state index in [2.05, 4.69) is 21.7 Å². The molecular formula is C14H24N4O. The Morgan fingerprint density at radius 3 is 2.74 bits per heavy atom. The van der Waals surface area contributed by atoms with Crippen LogP contribution in [0, 0.1) is 0 Å². The van der Waals surface area contributed by atoms with E-state index in [0.29, 0.717) is 0 Å². The van der Waals surface area contributed by atoms with Gasteiger partial charge in [-0.3, -0.25) is 4.90 Å². The maximum Gasteiger partial charge on any atom is 0.151 e. The van der Waals surface area contributed by atoms with Crippen LogP contribution in [0.4, 0.5) is 11.5 Å². The van der Waals surface area contributed by atoms with E-state index in [1.165, 1.54) is 0 Å². The number of anilines is 2. The SMILES string of the molecule is CCCOCCN1CCN(c2ncccc2N)CC1. The first-order chi connectivity index (χ1) is 9.31. The molecule has 2 N–H and O–H groups in total. The van der Waals surface area contributed by atoms with Crippen molar-refractivity contribution in [3.05, 3.63) is 18.3 Å². The summed E-state index contributed by atoms with van der Waals surface area (Å²) in [6, 6.07) is 3.79. The highest BCUT2D eigenvalue weighted by atomic mass is 16.5. The zero-order valence-electron chi connectivity index (χ0n) is 11.7. The number of hydrogen-bond acceptors (Lipinski definition) is 5. The van der Waals surface area contributed by atoms with E-state index in [0.717, 1.165) is 63.9 Å². The van der Waals surface area contributed by atoms with Crippen LogP contribution in [0.25, 0.3) is 0 Å². The second kappa shape index (κ2) is 7.31. The molecule has 19 heavy (non-hydrogen) atoms. The molecule has 0 bridgehead atoms. The lowest BCUT2D eigenvalue weighted by Gasteiger charge is -2.35. The Labute approximate surface area is 115 Å². The van der Waals surface area contributed by atoms with Gasteiger partial charge in [0.05, 0.1) is 12.3 Å². The van der Waals surface area contributed by atoms with Crippen LogP contribution < -0.4 is 10.6 Å². The number of piperazine rings is 1. The van der Waals surface area contributed by atoms with Crippen molar-refractivity contribution >= 4 is 11.5 Å². The van der Waals surface area contributed by atoms with Gasteiger partial charge in [-0.1, -0.05) is 6.92 Å². The Morgan fingerprint density at radius 1 is 1.26 bits per heavy atom. The topological polar surface area (TPSA) is 54.6 Å². The minimum Gasteiger partial charge on any atom is -0.396 e. The molecule has 1 aromatic heterocycles. The summed E-state index contributed by atoms with van der Waals surface area (Å²) in [6.07, 6.45) is 2.89. The molecule has 1 fully saturated rings. The zero-order chi connectivity index (χ0) is 13.5. The molecule has 1 aromatic rings. The number of rotatable bonds is 6. The number of nitrogens with zero attached hydrogens (tertiary/aromatic N) is 3. The predicted molar refractivity (Wildman–Crippen MR) is 78.4 cm³/mol. The van der Waals surface area contributed by atoms with E-state index in [9.17, 15) is 0 Å². The molecule has 5 nitrogen and oxygen atoms in total. The molecule has 106 valence electrons. The van der Waals surface area contributed by atoms with Gasteiger partial charge >= 0.3 is 0 Å². The summed E-state index contributed by atoms with van der Waals surface area (Å²) >= 11 is 0. The lowest BCUT2D eigenvalue weighted by Crippen LogP contribution is -2.47. The number of nitrogens with two attached hydrogens (primary N) is 1. The number of nitrogen functional groups attached to an aromatic ring is 1. The molecule has 2 heterocycles. The Kier molecular flexibility index (Phi) is 5.42. The van der Waals surface area contributed by atoms with Gasteiger partial charge < -0.3 is 15.4 Å². The molecule has 1 saturated heterocycles. The zero-order valence-corrected chi connectivity index (χ0v) is 11.7. The molecule has 0 amide bonds. The van der Waals surface area contributed by atoms with Crippen molar-refractivity contribution in [2.75, 3.05) is 56.6 Å². The quantitative estimate of drug-likeness (QED) is 0.783. The smallest absolute Gasteiger partial charge is 0.151 e. The first-order valence-electron chi connectivity index (χ1n) is 7.07. The molecule has 0 spiro atoms. The molecule has 1 aliphatic heterocycles. The summed E-state index contributed by atoms with van der Waals surface area (Å²) in [5.74, 6) is 0.921. The van der Waals surface area contributed by atoms with Crippen LogP contribution in [0.1, 0.15) is 13.3 Å². The van der Waals surface area contributed by atoms with Crippen LogP contribution in [0.2, 0.25) is 0 Å². The Bertz CT molecular complexity index is 377. The summed E-state index contributed by atoms with van der Waals surface area (Å²) in [6.45, 7) is 8.91. The minimum absolute atomic E-state index is 0.766. The summed E-state index contributed by atoms with van der Waals surface area (Å²) in [5.41, 5.74) is 6.73. The summed E-state index contributed by atoms with van der Waals surface area (Å²) in [7, 11) is 0. The van der Waals surface area contributed by atoms with Crippen molar-refractivity contribution in [3.63, 3.8) is 0 Å². The van der Waals surface area contributed by atoms with Crippen LogP contribution in [-0.4, -0.2) is 55.8 Å². The van der Waals surface area contributed by atoms with Gasteiger partial charge in [-0.05, 0) is 18.6 Å². The second-order valence-corrected chi connectivity index (χ2v) is 4.86. The first-order valence-corrected chi connectivity index (χ1v) is 7.07. The number of pyridine rings is 1. The van der Waals surface area contributed by atoms with Gasteiger partial charge in [-0.25, -0.2) is 4.98 Å². The van der Waals surface area contributed by atoms with Gasteiger partial charge in [0.25, 0.3) is 0 Å². The fourth-order valence-electron chi connectivity index (χ4n) is 2.30. The van der Waals surface area contributed by atoms with Crippen molar-refractivity contribution < 1.29 is 4.74 Å². The average Bonchev–Trinajstić information content (AvgIpc) is 2.45. The Morgan fingerprint density at radius 2 is 2.05 bits per heavy atom. The molecule has 1 aliphatic rings. The molecule has 0 saturated carbocycles. The maximum atomic E-state index is 5.96. The third-order valence-electron chi connectivity index (χ3n) is 3.39. The molecule has 0 unspecified atom stereocenters. The van der Waals surface area contributed by atoms with E-state index in [1.807, 2.05) is 12.1 Å². The fourth-order valence-corrected chi connectivity index (χ4v) is 2.30. The number of hydrogen-bond donors (Lipinski definition) is 1. The fraction of sp³-hybridized carbons (Fsp3) is 0.643. The molecular weight excluding hydrogens is 240 g/mol. The highest BCUT2D eigenvalue weighted by molar-refractivity contribution is 5.62. The van der Waals surface area contributed by atoms with E-state index in [-0.39, 0.29) is 0 Å². The van der Waals surface area contributed by atoms with Gasteiger partial charge in [0.15, 0.2) is 5.82 Å².